The molecule has 0 radical (unpaired) electrons. The number of rotatable bonds is 4. The SMILES string of the molecule is CNCc1cncn1Cc1cccnc1. The number of aromatic nitrogens is 3. The van der Waals surface area contributed by atoms with Crippen LogP contribution in [0.2, 0.25) is 0 Å². The molecule has 2 aromatic rings. The first kappa shape index (κ1) is 9.86. The van der Waals surface area contributed by atoms with Crippen LogP contribution in [-0.4, -0.2) is 21.6 Å². The minimum absolute atomic E-state index is 0.824. The fourth-order valence-corrected chi connectivity index (χ4v) is 1.51. The lowest BCUT2D eigenvalue weighted by Crippen LogP contribution is -2.11. The quantitative estimate of drug-likeness (QED) is 0.805. The summed E-state index contributed by atoms with van der Waals surface area (Å²) in [5.74, 6) is 0. The van der Waals surface area contributed by atoms with Crippen LogP contribution in [0.5, 0.6) is 0 Å². The first-order valence-corrected chi connectivity index (χ1v) is 4.92. The van der Waals surface area contributed by atoms with Crippen LogP contribution in [-0.2, 0) is 13.1 Å². The molecule has 78 valence electrons. The van der Waals surface area contributed by atoms with Crippen LogP contribution >= 0.6 is 0 Å². The highest BCUT2D eigenvalue weighted by molar-refractivity contribution is 5.11. The maximum absolute atomic E-state index is 4.14. The van der Waals surface area contributed by atoms with Crippen molar-refractivity contribution in [2.45, 2.75) is 13.1 Å². The lowest BCUT2D eigenvalue weighted by molar-refractivity contribution is 0.691. The van der Waals surface area contributed by atoms with Gasteiger partial charge in [0.25, 0.3) is 0 Å². The van der Waals surface area contributed by atoms with Gasteiger partial charge in [0.05, 0.1) is 18.6 Å². The summed E-state index contributed by atoms with van der Waals surface area (Å²) >= 11 is 0. The molecule has 0 saturated heterocycles. The second-order valence-electron chi connectivity index (χ2n) is 3.40. The maximum atomic E-state index is 4.14. The van der Waals surface area contributed by atoms with Crippen molar-refractivity contribution in [3.05, 3.63) is 48.3 Å². The van der Waals surface area contributed by atoms with E-state index in [4.69, 9.17) is 0 Å². The Balaban J connectivity index is 2.14. The van der Waals surface area contributed by atoms with Gasteiger partial charge in [0.2, 0.25) is 0 Å². The van der Waals surface area contributed by atoms with Gasteiger partial charge in [0, 0.05) is 25.1 Å². The average molecular weight is 202 g/mol. The van der Waals surface area contributed by atoms with E-state index in [0.717, 1.165) is 13.1 Å². The smallest absolute Gasteiger partial charge is 0.0951 e. The molecule has 0 spiro atoms. The minimum atomic E-state index is 0.824. The summed E-state index contributed by atoms with van der Waals surface area (Å²) in [5.41, 5.74) is 2.37. The van der Waals surface area contributed by atoms with Crippen molar-refractivity contribution in [3.63, 3.8) is 0 Å². The number of imidazole rings is 1. The predicted octanol–water partition coefficient (Wildman–Crippen LogP) is 1.05. The third kappa shape index (κ3) is 2.41. The second kappa shape index (κ2) is 4.70. The Morgan fingerprint density at radius 1 is 1.33 bits per heavy atom. The Labute approximate surface area is 89.0 Å². The fourth-order valence-electron chi connectivity index (χ4n) is 1.51. The molecule has 0 aliphatic rings. The van der Waals surface area contributed by atoms with Crippen LogP contribution in [0.15, 0.2) is 37.1 Å². The molecule has 0 aromatic carbocycles. The molecule has 1 N–H and O–H groups in total. The Bertz CT molecular complexity index is 408. The maximum Gasteiger partial charge on any atom is 0.0951 e. The van der Waals surface area contributed by atoms with E-state index in [2.05, 4.69) is 25.9 Å². The molecule has 0 aliphatic carbocycles. The van der Waals surface area contributed by atoms with Gasteiger partial charge in [-0.2, -0.15) is 0 Å². The van der Waals surface area contributed by atoms with Crippen LogP contribution in [0.4, 0.5) is 0 Å². The van der Waals surface area contributed by atoms with Gasteiger partial charge in [0.1, 0.15) is 0 Å². The first-order valence-electron chi connectivity index (χ1n) is 4.92. The third-order valence-electron chi connectivity index (χ3n) is 2.23. The number of nitrogens with zero attached hydrogens (tertiary/aromatic N) is 3. The summed E-state index contributed by atoms with van der Waals surface area (Å²) in [5, 5.41) is 3.12. The van der Waals surface area contributed by atoms with Crippen LogP contribution in [0, 0.1) is 0 Å². The van der Waals surface area contributed by atoms with E-state index in [1.54, 1.807) is 6.20 Å². The van der Waals surface area contributed by atoms with Gasteiger partial charge < -0.3 is 9.88 Å². The van der Waals surface area contributed by atoms with Crippen molar-refractivity contribution in [2.24, 2.45) is 0 Å². The molecular formula is C11H14N4. The zero-order valence-corrected chi connectivity index (χ0v) is 8.72. The first-order chi connectivity index (χ1) is 7.40. The van der Waals surface area contributed by atoms with Gasteiger partial charge >= 0.3 is 0 Å². The van der Waals surface area contributed by atoms with Gasteiger partial charge in [-0.05, 0) is 18.7 Å². The van der Waals surface area contributed by atoms with Crippen molar-refractivity contribution >= 4 is 0 Å². The summed E-state index contributed by atoms with van der Waals surface area (Å²) in [6.07, 6.45) is 7.39. The highest BCUT2D eigenvalue weighted by Crippen LogP contribution is 2.04. The van der Waals surface area contributed by atoms with Crippen LogP contribution < -0.4 is 5.32 Å². The molecule has 0 fully saturated rings. The Morgan fingerprint density at radius 3 is 3.00 bits per heavy atom. The third-order valence-corrected chi connectivity index (χ3v) is 2.23. The van der Waals surface area contributed by atoms with Gasteiger partial charge in [-0.25, -0.2) is 4.98 Å². The normalized spacial score (nSPS) is 10.5. The van der Waals surface area contributed by atoms with Gasteiger partial charge in [-0.1, -0.05) is 6.07 Å². The van der Waals surface area contributed by atoms with Crippen molar-refractivity contribution in [1.82, 2.24) is 19.9 Å². The summed E-state index contributed by atoms with van der Waals surface area (Å²) in [4.78, 5) is 8.23. The van der Waals surface area contributed by atoms with Crippen molar-refractivity contribution in [1.29, 1.82) is 0 Å². The molecule has 0 saturated carbocycles. The molecule has 0 amide bonds. The van der Waals surface area contributed by atoms with Gasteiger partial charge in [0.15, 0.2) is 0 Å². The molecule has 0 unspecified atom stereocenters. The number of nitrogens with one attached hydrogen (secondary N) is 1. The average Bonchev–Trinajstić information content (AvgIpc) is 2.68. The molecule has 0 atom stereocenters. The zero-order valence-electron chi connectivity index (χ0n) is 8.72. The summed E-state index contributed by atoms with van der Waals surface area (Å²) in [6.45, 7) is 1.66. The molecule has 2 rings (SSSR count). The Kier molecular flexibility index (Phi) is 3.09. The minimum Gasteiger partial charge on any atom is -0.329 e. The standard InChI is InChI=1S/C11H14N4/c1-12-6-11-7-14-9-15(11)8-10-3-2-4-13-5-10/h2-5,7,9,12H,6,8H2,1H3. The van der Waals surface area contributed by atoms with E-state index in [1.807, 2.05) is 31.8 Å². The molecule has 4 heteroatoms. The summed E-state index contributed by atoms with van der Waals surface area (Å²) in [7, 11) is 1.93. The van der Waals surface area contributed by atoms with Crippen LogP contribution in [0.3, 0.4) is 0 Å². The fraction of sp³-hybridized carbons (Fsp3) is 0.273. The Hall–Kier alpha value is -1.68. The van der Waals surface area contributed by atoms with Gasteiger partial charge in [-0.3, -0.25) is 4.98 Å². The van der Waals surface area contributed by atoms with E-state index in [9.17, 15) is 0 Å². The number of pyridine rings is 1. The molecule has 2 heterocycles. The van der Waals surface area contributed by atoms with Crippen molar-refractivity contribution in [3.8, 4) is 0 Å². The Morgan fingerprint density at radius 2 is 2.27 bits per heavy atom. The van der Waals surface area contributed by atoms with Gasteiger partial charge in [-0.15, -0.1) is 0 Å². The van der Waals surface area contributed by atoms with Crippen LogP contribution in [0.25, 0.3) is 0 Å². The molecular weight excluding hydrogens is 188 g/mol. The van der Waals surface area contributed by atoms with Crippen LogP contribution in [0.1, 0.15) is 11.3 Å². The second-order valence-corrected chi connectivity index (χ2v) is 3.40. The molecule has 15 heavy (non-hydrogen) atoms. The van der Waals surface area contributed by atoms with E-state index in [0.29, 0.717) is 0 Å². The molecule has 2 aromatic heterocycles. The monoisotopic (exact) mass is 202 g/mol. The predicted molar refractivity (Wildman–Crippen MR) is 58.3 cm³/mol. The molecule has 4 nitrogen and oxygen atoms in total. The molecule has 0 aliphatic heterocycles. The number of hydrogen-bond donors (Lipinski definition) is 1. The topological polar surface area (TPSA) is 42.7 Å². The highest BCUT2D eigenvalue weighted by atomic mass is 15.1. The van der Waals surface area contributed by atoms with Crippen molar-refractivity contribution < 1.29 is 0 Å². The summed E-state index contributed by atoms with van der Waals surface area (Å²) in [6, 6.07) is 4.01. The number of hydrogen-bond acceptors (Lipinski definition) is 3. The van der Waals surface area contributed by atoms with E-state index < -0.39 is 0 Å². The lowest BCUT2D eigenvalue weighted by atomic mass is 10.3. The van der Waals surface area contributed by atoms with Crippen molar-refractivity contribution in [2.75, 3.05) is 7.05 Å². The highest BCUT2D eigenvalue weighted by Gasteiger charge is 2.01. The molecule has 0 bridgehead atoms. The zero-order chi connectivity index (χ0) is 10.5. The van der Waals surface area contributed by atoms with E-state index >= 15 is 0 Å². The largest absolute Gasteiger partial charge is 0.329 e. The lowest BCUT2D eigenvalue weighted by Gasteiger charge is -2.07. The van der Waals surface area contributed by atoms with E-state index in [-0.39, 0.29) is 0 Å². The summed E-state index contributed by atoms with van der Waals surface area (Å²) < 4.78 is 2.12. The van der Waals surface area contributed by atoms with E-state index in [1.165, 1.54) is 11.3 Å².